The quantitative estimate of drug-likeness (QED) is 0.512. The van der Waals surface area contributed by atoms with E-state index in [0.717, 1.165) is 18.7 Å². The molecule has 2 rings (SSSR count). The standard InChI is InChI=1S/C24H31N/c1-7-9-10-22-14-13-21(8-2)16-23(22)17-25(18(3)4)24-15-19(5)11-12-20(24)6/h8,11-16H,2-3,7,9-10,17H2,1,4-6H3. The number of nitrogens with zero attached hydrogens (tertiary/aromatic N) is 1. The Morgan fingerprint density at radius 2 is 1.84 bits per heavy atom. The van der Waals surface area contributed by atoms with Crippen LogP contribution in [0, 0.1) is 13.8 Å². The molecule has 25 heavy (non-hydrogen) atoms. The van der Waals surface area contributed by atoms with E-state index in [9.17, 15) is 0 Å². The van der Waals surface area contributed by atoms with Crippen molar-refractivity contribution in [2.45, 2.75) is 53.5 Å². The summed E-state index contributed by atoms with van der Waals surface area (Å²) >= 11 is 0. The highest BCUT2D eigenvalue weighted by Gasteiger charge is 2.14. The van der Waals surface area contributed by atoms with E-state index in [0.29, 0.717) is 0 Å². The van der Waals surface area contributed by atoms with E-state index in [2.05, 4.69) is 82.2 Å². The van der Waals surface area contributed by atoms with Crippen molar-refractivity contribution in [1.82, 2.24) is 0 Å². The molecule has 0 fully saturated rings. The zero-order valence-electron chi connectivity index (χ0n) is 16.2. The Balaban J connectivity index is 2.43. The Labute approximate surface area is 153 Å². The van der Waals surface area contributed by atoms with Crippen LogP contribution >= 0.6 is 0 Å². The van der Waals surface area contributed by atoms with Gasteiger partial charge in [-0.2, -0.15) is 0 Å². The molecule has 0 aromatic heterocycles. The summed E-state index contributed by atoms with van der Waals surface area (Å²) in [5, 5.41) is 0. The molecule has 2 aromatic rings. The first-order chi connectivity index (χ1) is 12.0. The monoisotopic (exact) mass is 333 g/mol. The molecule has 0 bridgehead atoms. The van der Waals surface area contributed by atoms with Crippen LogP contribution in [0.15, 0.2) is 55.3 Å². The lowest BCUT2D eigenvalue weighted by Gasteiger charge is -2.28. The Bertz CT molecular complexity index is 755. The van der Waals surface area contributed by atoms with E-state index in [1.165, 1.54) is 46.3 Å². The number of unbranched alkanes of at least 4 members (excludes halogenated alkanes) is 1. The molecule has 0 radical (unpaired) electrons. The van der Waals surface area contributed by atoms with E-state index in [1.807, 2.05) is 6.08 Å². The molecular formula is C24H31N. The van der Waals surface area contributed by atoms with Crippen LogP contribution in [0.25, 0.3) is 6.08 Å². The van der Waals surface area contributed by atoms with Crippen molar-refractivity contribution < 1.29 is 0 Å². The fourth-order valence-corrected chi connectivity index (χ4v) is 3.14. The molecule has 1 heteroatoms. The van der Waals surface area contributed by atoms with Crippen molar-refractivity contribution in [1.29, 1.82) is 0 Å². The minimum Gasteiger partial charge on any atom is -0.341 e. The highest BCUT2D eigenvalue weighted by Crippen LogP contribution is 2.28. The van der Waals surface area contributed by atoms with Crippen molar-refractivity contribution in [2.24, 2.45) is 0 Å². The van der Waals surface area contributed by atoms with Gasteiger partial charge in [0.05, 0.1) is 0 Å². The van der Waals surface area contributed by atoms with Crippen LogP contribution < -0.4 is 4.90 Å². The minimum atomic E-state index is 0.848. The number of hydrogen-bond acceptors (Lipinski definition) is 1. The molecule has 0 amide bonds. The molecule has 132 valence electrons. The second kappa shape index (κ2) is 8.71. The summed E-state index contributed by atoms with van der Waals surface area (Å²) in [6, 6.07) is 13.3. The lowest BCUT2D eigenvalue weighted by atomic mass is 9.98. The average molecular weight is 334 g/mol. The maximum atomic E-state index is 4.24. The van der Waals surface area contributed by atoms with E-state index < -0.39 is 0 Å². The van der Waals surface area contributed by atoms with Gasteiger partial charge in [-0.3, -0.25) is 0 Å². The highest BCUT2D eigenvalue weighted by molar-refractivity contribution is 5.59. The fraction of sp³-hybridized carbons (Fsp3) is 0.333. The summed E-state index contributed by atoms with van der Waals surface area (Å²) < 4.78 is 0. The number of benzene rings is 2. The van der Waals surface area contributed by atoms with Gasteiger partial charge >= 0.3 is 0 Å². The zero-order valence-corrected chi connectivity index (χ0v) is 16.2. The third kappa shape index (κ3) is 4.85. The van der Waals surface area contributed by atoms with Crippen LogP contribution in [0.4, 0.5) is 5.69 Å². The van der Waals surface area contributed by atoms with E-state index in [1.54, 1.807) is 0 Å². The zero-order chi connectivity index (χ0) is 18.4. The van der Waals surface area contributed by atoms with Gasteiger partial charge in [-0.25, -0.2) is 0 Å². The maximum Gasteiger partial charge on any atom is 0.0481 e. The molecule has 0 aliphatic heterocycles. The van der Waals surface area contributed by atoms with Gasteiger partial charge in [0.15, 0.2) is 0 Å². The number of allylic oxidation sites excluding steroid dienone is 1. The van der Waals surface area contributed by atoms with Crippen LogP contribution in [0.1, 0.15) is 54.5 Å². The fourth-order valence-electron chi connectivity index (χ4n) is 3.14. The first kappa shape index (κ1) is 19.1. The molecule has 0 heterocycles. The second-order valence-electron chi connectivity index (χ2n) is 6.95. The summed E-state index contributed by atoms with van der Waals surface area (Å²) in [7, 11) is 0. The molecule has 0 N–H and O–H groups in total. The van der Waals surface area contributed by atoms with Gasteiger partial charge in [0.1, 0.15) is 0 Å². The summed E-state index contributed by atoms with van der Waals surface area (Å²) in [4.78, 5) is 2.33. The molecule has 0 aliphatic carbocycles. The predicted octanol–water partition coefficient (Wildman–Crippen LogP) is 6.83. The number of hydrogen-bond donors (Lipinski definition) is 0. The molecule has 0 saturated heterocycles. The lowest BCUT2D eigenvalue weighted by Crippen LogP contribution is -2.21. The molecule has 0 atom stereocenters. The Morgan fingerprint density at radius 1 is 1.08 bits per heavy atom. The predicted molar refractivity (Wildman–Crippen MR) is 112 cm³/mol. The Hall–Kier alpha value is -2.28. The molecule has 0 unspecified atom stereocenters. The summed E-state index contributed by atoms with van der Waals surface area (Å²) in [6.45, 7) is 17.7. The number of anilines is 1. The van der Waals surface area contributed by atoms with Crippen molar-refractivity contribution in [3.8, 4) is 0 Å². The Kier molecular flexibility index (Phi) is 6.64. The van der Waals surface area contributed by atoms with Crippen molar-refractivity contribution in [2.75, 3.05) is 4.90 Å². The third-order valence-corrected chi connectivity index (χ3v) is 4.71. The van der Waals surface area contributed by atoms with Gasteiger partial charge in [0.2, 0.25) is 0 Å². The molecule has 1 nitrogen and oxygen atoms in total. The van der Waals surface area contributed by atoms with Crippen LogP contribution in [-0.4, -0.2) is 0 Å². The third-order valence-electron chi connectivity index (χ3n) is 4.71. The van der Waals surface area contributed by atoms with Gasteiger partial charge in [0, 0.05) is 17.9 Å². The van der Waals surface area contributed by atoms with E-state index in [-0.39, 0.29) is 0 Å². The number of aryl methyl sites for hydroxylation is 3. The average Bonchev–Trinajstić information content (AvgIpc) is 2.60. The van der Waals surface area contributed by atoms with Gasteiger partial charge in [-0.05, 0) is 73.6 Å². The largest absolute Gasteiger partial charge is 0.341 e. The molecule has 0 spiro atoms. The van der Waals surface area contributed by atoms with Crippen molar-refractivity contribution >= 4 is 11.8 Å². The van der Waals surface area contributed by atoms with Gasteiger partial charge in [-0.1, -0.05) is 56.8 Å². The summed E-state index contributed by atoms with van der Waals surface area (Å²) in [5.74, 6) is 0. The molecule has 2 aromatic carbocycles. The lowest BCUT2D eigenvalue weighted by molar-refractivity contribution is 0.780. The van der Waals surface area contributed by atoms with Crippen LogP contribution in [0.2, 0.25) is 0 Å². The summed E-state index contributed by atoms with van der Waals surface area (Å²) in [5.41, 5.74) is 8.86. The Morgan fingerprint density at radius 3 is 2.48 bits per heavy atom. The van der Waals surface area contributed by atoms with Crippen molar-refractivity contribution in [3.63, 3.8) is 0 Å². The first-order valence-corrected chi connectivity index (χ1v) is 9.20. The smallest absolute Gasteiger partial charge is 0.0481 e. The normalized spacial score (nSPS) is 10.6. The highest BCUT2D eigenvalue weighted by atomic mass is 15.1. The van der Waals surface area contributed by atoms with Gasteiger partial charge < -0.3 is 4.90 Å². The number of rotatable bonds is 8. The van der Waals surface area contributed by atoms with Crippen molar-refractivity contribution in [3.05, 3.63) is 83.1 Å². The maximum absolute atomic E-state index is 4.24. The van der Waals surface area contributed by atoms with Gasteiger partial charge in [0.25, 0.3) is 0 Å². The van der Waals surface area contributed by atoms with E-state index >= 15 is 0 Å². The van der Waals surface area contributed by atoms with Crippen LogP contribution in [0.5, 0.6) is 0 Å². The topological polar surface area (TPSA) is 3.24 Å². The van der Waals surface area contributed by atoms with Crippen LogP contribution in [-0.2, 0) is 13.0 Å². The van der Waals surface area contributed by atoms with Crippen LogP contribution in [0.3, 0.4) is 0 Å². The SMILES string of the molecule is C=Cc1ccc(CCCC)c(CN(C(=C)C)c2cc(C)ccc2C)c1. The second-order valence-corrected chi connectivity index (χ2v) is 6.95. The minimum absolute atomic E-state index is 0.848. The first-order valence-electron chi connectivity index (χ1n) is 9.20. The molecule has 0 saturated carbocycles. The van der Waals surface area contributed by atoms with E-state index in [4.69, 9.17) is 0 Å². The van der Waals surface area contributed by atoms with Gasteiger partial charge in [-0.15, -0.1) is 0 Å². The molecular weight excluding hydrogens is 302 g/mol. The molecule has 0 aliphatic rings. The summed E-state index contributed by atoms with van der Waals surface area (Å²) in [6.07, 6.45) is 5.48.